The van der Waals surface area contributed by atoms with E-state index in [9.17, 15) is 9.50 Å². The van der Waals surface area contributed by atoms with E-state index in [4.69, 9.17) is 0 Å². The molecule has 2 nitrogen and oxygen atoms in total. The van der Waals surface area contributed by atoms with Crippen LogP contribution in [-0.2, 0) is 6.54 Å². The zero-order valence-corrected chi connectivity index (χ0v) is 13.1. The third kappa shape index (κ3) is 3.58. The second-order valence-electron chi connectivity index (χ2n) is 4.87. The number of nitrogens with zero attached hydrogens (tertiary/aromatic N) is 1. The number of hydrogen-bond acceptors (Lipinski definition) is 2. The summed E-state index contributed by atoms with van der Waals surface area (Å²) in [4.78, 5) is 2.00. The summed E-state index contributed by atoms with van der Waals surface area (Å²) in [6, 6.07) is 12.5. The second-order valence-corrected chi connectivity index (χ2v) is 5.78. The molecule has 0 radical (unpaired) electrons. The van der Waals surface area contributed by atoms with Crippen molar-refractivity contribution in [3.05, 3.63) is 63.9 Å². The Labute approximate surface area is 127 Å². The molecule has 0 saturated heterocycles. The summed E-state index contributed by atoms with van der Waals surface area (Å²) in [5, 5.41) is 9.79. The van der Waals surface area contributed by atoms with E-state index in [-0.39, 0.29) is 5.82 Å². The molecule has 0 heterocycles. The predicted octanol–water partition coefficient (Wildman–Crippen LogP) is 4.28. The fourth-order valence-corrected chi connectivity index (χ4v) is 2.65. The van der Waals surface area contributed by atoms with E-state index in [1.807, 2.05) is 36.2 Å². The molecule has 0 aromatic heterocycles. The first-order chi connectivity index (χ1) is 9.47. The molecule has 0 bridgehead atoms. The quantitative estimate of drug-likeness (QED) is 0.900. The van der Waals surface area contributed by atoms with Crippen molar-refractivity contribution in [1.82, 2.24) is 0 Å². The van der Waals surface area contributed by atoms with Gasteiger partial charge in [0.2, 0.25) is 0 Å². The Balaban J connectivity index is 2.27. The fourth-order valence-electron chi connectivity index (χ4n) is 2.20. The number of benzene rings is 2. The Hall–Kier alpha value is -1.39. The van der Waals surface area contributed by atoms with Crippen LogP contribution >= 0.6 is 15.9 Å². The topological polar surface area (TPSA) is 23.5 Å². The number of halogens is 2. The Morgan fingerprint density at radius 3 is 2.65 bits per heavy atom. The number of hydrogen-bond donors (Lipinski definition) is 1. The van der Waals surface area contributed by atoms with Crippen molar-refractivity contribution in [3.8, 4) is 0 Å². The smallest absolute Gasteiger partial charge is 0.123 e. The molecule has 0 aliphatic heterocycles. The van der Waals surface area contributed by atoms with Gasteiger partial charge in [-0.25, -0.2) is 4.39 Å². The summed E-state index contributed by atoms with van der Waals surface area (Å²) in [6.45, 7) is 2.33. The lowest BCUT2D eigenvalue weighted by atomic mass is 10.1. The summed E-state index contributed by atoms with van der Waals surface area (Å²) in [7, 11) is 1.93. The summed E-state index contributed by atoms with van der Waals surface area (Å²) >= 11 is 3.45. The van der Waals surface area contributed by atoms with E-state index in [1.165, 1.54) is 12.1 Å². The van der Waals surface area contributed by atoms with Crippen molar-refractivity contribution in [3.63, 3.8) is 0 Å². The molecule has 2 aromatic rings. The first-order valence-electron chi connectivity index (χ1n) is 6.40. The van der Waals surface area contributed by atoms with Crippen LogP contribution in [0.15, 0.2) is 46.9 Å². The minimum Gasteiger partial charge on any atom is -0.389 e. The fraction of sp³-hybridized carbons (Fsp3) is 0.250. The second kappa shape index (κ2) is 6.37. The van der Waals surface area contributed by atoms with Crippen LogP contribution in [0.5, 0.6) is 0 Å². The van der Waals surface area contributed by atoms with Gasteiger partial charge in [-0.3, -0.25) is 0 Å². The molecule has 0 saturated carbocycles. The average molecular weight is 338 g/mol. The minimum atomic E-state index is -0.703. The van der Waals surface area contributed by atoms with Crippen molar-refractivity contribution < 1.29 is 9.50 Å². The Morgan fingerprint density at radius 2 is 2.00 bits per heavy atom. The SMILES string of the molecule is C[C@H](O)c1cc(F)ccc1N(C)Cc1cccc(Br)c1. The third-order valence-corrected chi connectivity index (χ3v) is 3.65. The molecule has 0 fully saturated rings. The average Bonchev–Trinajstić information content (AvgIpc) is 2.38. The van der Waals surface area contributed by atoms with Crippen LogP contribution in [0.1, 0.15) is 24.2 Å². The van der Waals surface area contributed by atoms with Gasteiger partial charge in [-0.15, -0.1) is 0 Å². The van der Waals surface area contributed by atoms with Crippen LogP contribution in [0.4, 0.5) is 10.1 Å². The highest BCUT2D eigenvalue weighted by Crippen LogP contribution is 2.27. The van der Waals surface area contributed by atoms with E-state index in [0.717, 1.165) is 15.7 Å². The lowest BCUT2D eigenvalue weighted by Crippen LogP contribution is -2.18. The minimum absolute atomic E-state index is 0.333. The van der Waals surface area contributed by atoms with E-state index in [0.29, 0.717) is 12.1 Å². The van der Waals surface area contributed by atoms with Crippen LogP contribution in [0, 0.1) is 5.82 Å². The molecule has 2 aromatic carbocycles. The van der Waals surface area contributed by atoms with Gasteiger partial charge in [0.15, 0.2) is 0 Å². The van der Waals surface area contributed by atoms with Gasteiger partial charge in [-0.1, -0.05) is 28.1 Å². The van der Waals surface area contributed by atoms with Gasteiger partial charge in [0, 0.05) is 29.3 Å². The van der Waals surface area contributed by atoms with E-state index < -0.39 is 6.10 Å². The summed E-state index contributed by atoms with van der Waals surface area (Å²) < 4.78 is 14.3. The highest BCUT2D eigenvalue weighted by Gasteiger charge is 2.13. The van der Waals surface area contributed by atoms with Crippen molar-refractivity contribution in [2.45, 2.75) is 19.6 Å². The molecule has 1 N–H and O–H groups in total. The lowest BCUT2D eigenvalue weighted by Gasteiger charge is -2.24. The Morgan fingerprint density at radius 1 is 1.25 bits per heavy atom. The monoisotopic (exact) mass is 337 g/mol. The molecule has 0 aliphatic carbocycles. The highest BCUT2D eigenvalue weighted by molar-refractivity contribution is 9.10. The van der Waals surface area contributed by atoms with Crippen LogP contribution in [-0.4, -0.2) is 12.2 Å². The highest BCUT2D eigenvalue weighted by atomic mass is 79.9. The van der Waals surface area contributed by atoms with Crippen molar-refractivity contribution in [1.29, 1.82) is 0 Å². The molecule has 4 heteroatoms. The maximum absolute atomic E-state index is 13.3. The van der Waals surface area contributed by atoms with Gasteiger partial charge in [0.05, 0.1) is 6.10 Å². The van der Waals surface area contributed by atoms with Crippen molar-refractivity contribution in [2.24, 2.45) is 0 Å². The van der Waals surface area contributed by atoms with Gasteiger partial charge >= 0.3 is 0 Å². The first-order valence-corrected chi connectivity index (χ1v) is 7.20. The number of rotatable bonds is 4. The number of anilines is 1. The summed E-state index contributed by atoms with van der Waals surface area (Å²) in [5.74, 6) is -0.333. The molecule has 20 heavy (non-hydrogen) atoms. The van der Waals surface area contributed by atoms with Crippen LogP contribution < -0.4 is 4.90 Å². The first kappa shape index (κ1) is 15.0. The summed E-state index contributed by atoms with van der Waals surface area (Å²) in [6.07, 6.45) is -0.703. The molecular weight excluding hydrogens is 321 g/mol. The van der Waals surface area contributed by atoms with Crippen LogP contribution in [0.3, 0.4) is 0 Å². The molecule has 106 valence electrons. The van der Waals surface area contributed by atoms with E-state index in [1.54, 1.807) is 13.0 Å². The van der Waals surface area contributed by atoms with Gasteiger partial charge in [0.25, 0.3) is 0 Å². The maximum Gasteiger partial charge on any atom is 0.123 e. The molecule has 0 amide bonds. The molecule has 0 spiro atoms. The molecule has 2 rings (SSSR count). The molecular formula is C16H17BrFNO. The van der Waals surface area contributed by atoms with Gasteiger partial charge < -0.3 is 10.0 Å². The third-order valence-electron chi connectivity index (χ3n) is 3.16. The predicted molar refractivity (Wildman–Crippen MR) is 83.3 cm³/mol. The normalized spacial score (nSPS) is 12.2. The Bertz CT molecular complexity index is 601. The molecule has 1 atom stereocenters. The van der Waals surface area contributed by atoms with Gasteiger partial charge in [0.1, 0.15) is 5.82 Å². The Kier molecular flexibility index (Phi) is 4.78. The largest absolute Gasteiger partial charge is 0.389 e. The van der Waals surface area contributed by atoms with Crippen LogP contribution in [0.2, 0.25) is 0 Å². The van der Waals surface area contributed by atoms with Gasteiger partial charge in [-0.2, -0.15) is 0 Å². The van der Waals surface area contributed by atoms with Crippen molar-refractivity contribution in [2.75, 3.05) is 11.9 Å². The zero-order valence-electron chi connectivity index (χ0n) is 11.5. The summed E-state index contributed by atoms with van der Waals surface area (Å²) in [5.41, 5.74) is 2.58. The number of aliphatic hydroxyl groups excluding tert-OH is 1. The molecule has 0 unspecified atom stereocenters. The molecule has 0 aliphatic rings. The number of aliphatic hydroxyl groups is 1. The van der Waals surface area contributed by atoms with Crippen LogP contribution in [0.25, 0.3) is 0 Å². The van der Waals surface area contributed by atoms with E-state index >= 15 is 0 Å². The van der Waals surface area contributed by atoms with Gasteiger partial charge in [-0.05, 0) is 42.8 Å². The zero-order chi connectivity index (χ0) is 14.7. The van der Waals surface area contributed by atoms with E-state index in [2.05, 4.69) is 15.9 Å². The lowest BCUT2D eigenvalue weighted by molar-refractivity contribution is 0.199. The maximum atomic E-state index is 13.3. The van der Waals surface area contributed by atoms with Crippen molar-refractivity contribution >= 4 is 21.6 Å². The standard InChI is InChI=1S/C16H17BrFNO/c1-11(20)15-9-14(18)6-7-16(15)19(2)10-12-4-3-5-13(17)8-12/h3-9,11,20H,10H2,1-2H3/t11-/m0/s1.